The number of nitro benzene ring substituents is 1. The minimum Gasteiger partial charge on any atom is -0.355 e. The van der Waals surface area contributed by atoms with Gasteiger partial charge in [-0.05, 0) is 19.9 Å². The van der Waals surface area contributed by atoms with E-state index in [-0.39, 0.29) is 17.2 Å². The van der Waals surface area contributed by atoms with Gasteiger partial charge in [0.1, 0.15) is 6.04 Å². The van der Waals surface area contributed by atoms with Crippen molar-refractivity contribution in [1.82, 2.24) is 10.6 Å². The Labute approximate surface area is 110 Å². The maximum absolute atomic E-state index is 11.8. The van der Waals surface area contributed by atoms with Crippen molar-refractivity contribution in [3.05, 3.63) is 39.9 Å². The first-order chi connectivity index (χ1) is 8.95. The van der Waals surface area contributed by atoms with Crippen LogP contribution in [-0.2, 0) is 4.79 Å². The lowest BCUT2D eigenvalue weighted by Crippen LogP contribution is -2.44. The molecule has 0 saturated carbocycles. The molecule has 19 heavy (non-hydrogen) atoms. The second-order valence-corrected chi connectivity index (χ2v) is 3.90. The number of non-ortho nitro benzene ring substituents is 1. The molecule has 0 aliphatic heterocycles. The van der Waals surface area contributed by atoms with Crippen LogP contribution in [0.2, 0.25) is 0 Å². The molecule has 1 aromatic rings. The molecule has 0 radical (unpaired) electrons. The normalized spacial score (nSPS) is 11.5. The van der Waals surface area contributed by atoms with Gasteiger partial charge in [0.05, 0.1) is 4.92 Å². The fourth-order valence-electron chi connectivity index (χ4n) is 1.43. The lowest BCUT2D eigenvalue weighted by molar-refractivity contribution is -0.384. The standard InChI is InChI=1S/C12H15N3O4/c1-3-13-11(16)8(2)14-12(17)9-5-4-6-10(7-9)15(18)19/h4-8H,3H2,1-2H3,(H,13,16)(H,14,17)/t8-/m0/s1. The lowest BCUT2D eigenvalue weighted by atomic mass is 10.1. The van der Waals surface area contributed by atoms with Crippen LogP contribution in [0.5, 0.6) is 0 Å². The molecular weight excluding hydrogens is 250 g/mol. The molecular formula is C12H15N3O4. The van der Waals surface area contributed by atoms with Gasteiger partial charge >= 0.3 is 0 Å². The molecule has 0 bridgehead atoms. The second kappa shape index (κ2) is 6.48. The third-order valence-electron chi connectivity index (χ3n) is 2.41. The summed E-state index contributed by atoms with van der Waals surface area (Å²) in [4.78, 5) is 33.3. The molecule has 1 atom stereocenters. The fraction of sp³-hybridized carbons (Fsp3) is 0.333. The minimum absolute atomic E-state index is 0.144. The van der Waals surface area contributed by atoms with Crippen molar-refractivity contribution in [2.75, 3.05) is 6.54 Å². The summed E-state index contributed by atoms with van der Waals surface area (Å²) in [5, 5.41) is 15.6. The molecule has 0 aliphatic rings. The van der Waals surface area contributed by atoms with Crippen molar-refractivity contribution in [2.24, 2.45) is 0 Å². The smallest absolute Gasteiger partial charge is 0.270 e. The van der Waals surface area contributed by atoms with E-state index in [1.54, 1.807) is 13.8 Å². The van der Waals surface area contributed by atoms with Gasteiger partial charge in [-0.2, -0.15) is 0 Å². The Bertz CT molecular complexity index is 502. The molecule has 0 unspecified atom stereocenters. The summed E-state index contributed by atoms with van der Waals surface area (Å²) >= 11 is 0. The number of carbonyl (C=O) groups is 2. The first kappa shape index (κ1) is 14.6. The van der Waals surface area contributed by atoms with Crippen molar-refractivity contribution in [1.29, 1.82) is 0 Å². The first-order valence-corrected chi connectivity index (χ1v) is 5.78. The summed E-state index contributed by atoms with van der Waals surface area (Å²) in [6.45, 7) is 3.78. The number of nitrogens with one attached hydrogen (secondary N) is 2. The van der Waals surface area contributed by atoms with Gasteiger partial charge in [0.15, 0.2) is 0 Å². The van der Waals surface area contributed by atoms with Gasteiger partial charge in [0.2, 0.25) is 5.91 Å². The van der Waals surface area contributed by atoms with Crippen LogP contribution in [0.1, 0.15) is 24.2 Å². The van der Waals surface area contributed by atoms with Crippen molar-refractivity contribution in [2.45, 2.75) is 19.9 Å². The Morgan fingerprint density at radius 2 is 2.11 bits per heavy atom. The van der Waals surface area contributed by atoms with Crippen molar-refractivity contribution < 1.29 is 14.5 Å². The Kier molecular flexibility index (Phi) is 4.99. The molecule has 0 aliphatic carbocycles. The van der Waals surface area contributed by atoms with E-state index in [1.165, 1.54) is 24.3 Å². The SMILES string of the molecule is CCNC(=O)[C@H](C)NC(=O)c1cccc([N+](=O)[O-])c1. The quantitative estimate of drug-likeness (QED) is 0.608. The Morgan fingerprint density at radius 3 is 2.68 bits per heavy atom. The number of hydrogen-bond acceptors (Lipinski definition) is 4. The van der Waals surface area contributed by atoms with Crippen LogP contribution in [0.3, 0.4) is 0 Å². The molecule has 2 amide bonds. The average Bonchev–Trinajstić information content (AvgIpc) is 2.39. The molecule has 0 saturated heterocycles. The Morgan fingerprint density at radius 1 is 1.42 bits per heavy atom. The third-order valence-corrected chi connectivity index (χ3v) is 2.41. The lowest BCUT2D eigenvalue weighted by Gasteiger charge is -2.13. The Balaban J connectivity index is 2.75. The summed E-state index contributed by atoms with van der Waals surface area (Å²) in [5.74, 6) is -0.830. The Hall–Kier alpha value is -2.44. The molecule has 1 rings (SSSR count). The van der Waals surface area contributed by atoms with E-state index in [9.17, 15) is 19.7 Å². The summed E-state index contributed by atoms with van der Waals surface area (Å²) in [6.07, 6.45) is 0. The molecule has 2 N–H and O–H groups in total. The van der Waals surface area contributed by atoms with E-state index in [2.05, 4.69) is 10.6 Å². The number of benzene rings is 1. The van der Waals surface area contributed by atoms with Crippen LogP contribution < -0.4 is 10.6 Å². The molecule has 102 valence electrons. The van der Waals surface area contributed by atoms with E-state index >= 15 is 0 Å². The van der Waals surface area contributed by atoms with Crippen LogP contribution in [-0.4, -0.2) is 29.3 Å². The zero-order chi connectivity index (χ0) is 14.4. The van der Waals surface area contributed by atoms with Crippen LogP contribution in [0, 0.1) is 10.1 Å². The summed E-state index contributed by atoms with van der Waals surface area (Å²) < 4.78 is 0. The first-order valence-electron chi connectivity index (χ1n) is 5.78. The van der Waals surface area contributed by atoms with E-state index in [4.69, 9.17) is 0 Å². The van der Waals surface area contributed by atoms with E-state index < -0.39 is 16.9 Å². The number of amides is 2. The van der Waals surface area contributed by atoms with Gasteiger partial charge in [0, 0.05) is 24.2 Å². The number of rotatable bonds is 5. The summed E-state index contributed by atoms with van der Waals surface area (Å²) in [6, 6.07) is 4.63. The molecule has 7 nitrogen and oxygen atoms in total. The van der Waals surface area contributed by atoms with Gasteiger partial charge in [-0.15, -0.1) is 0 Å². The average molecular weight is 265 g/mol. The third kappa shape index (κ3) is 4.06. The fourth-order valence-corrected chi connectivity index (χ4v) is 1.43. The highest BCUT2D eigenvalue weighted by atomic mass is 16.6. The van der Waals surface area contributed by atoms with Gasteiger partial charge in [-0.3, -0.25) is 19.7 Å². The van der Waals surface area contributed by atoms with Crippen molar-refractivity contribution >= 4 is 17.5 Å². The maximum Gasteiger partial charge on any atom is 0.270 e. The molecule has 0 spiro atoms. The molecule has 7 heteroatoms. The number of hydrogen-bond donors (Lipinski definition) is 2. The molecule has 0 fully saturated rings. The molecule has 0 heterocycles. The van der Waals surface area contributed by atoms with Gasteiger partial charge in [-0.25, -0.2) is 0 Å². The largest absolute Gasteiger partial charge is 0.355 e. The monoisotopic (exact) mass is 265 g/mol. The zero-order valence-corrected chi connectivity index (χ0v) is 10.7. The van der Waals surface area contributed by atoms with Gasteiger partial charge in [0.25, 0.3) is 11.6 Å². The number of likely N-dealkylation sites (N-methyl/N-ethyl adjacent to an activating group) is 1. The number of nitro groups is 1. The predicted octanol–water partition coefficient (Wildman–Crippen LogP) is 0.849. The van der Waals surface area contributed by atoms with Gasteiger partial charge < -0.3 is 10.6 Å². The highest BCUT2D eigenvalue weighted by Gasteiger charge is 2.17. The van der Waals surface area contributed by atoms with E-state index in [1.807, 2.05) is 0 Å². The minimum atomic E-state index is -0.702. The zero-order valence-electron chi connectivity index (χ0n) is 10.7. The number of nitrogens with zero attached hydrogens (tertiary/aromatic N) is 1. The van der Waals surface area contributed by atoms with Gasteiger partial charge in [-0.1, -0.05) is 6.07 Å². The highest BCUT2D eigenvalue weighted by molar-refractivity contribution is 5.97. The molecule has 1 aromatic carbocycles. The highest BCUT2D eigenvalue weighted by Crippen LogP contribution is 2.12. The van der Waals surface area contributed by atoms with Crippen LogP contribution in [0.25, 0.3) is 0 Å². The van der Waals surface area contributed by atoms with E-state index in [0.29, 0.717) is 6.54 Å². The van der Waals surface area contributed by atoms with Crippen LogP contribution in [0.4, 0.5) is 5.69 Å². The van der Waals surface area contributed by atoms with Crippen LogP contribution in [0.15, 0.2) is 24.3 Å². The summed E-state index contributed by atoms with van der Waals surface area (Å²) in [5.41, 5.74) is -0.0244. The number of carbonyl (C=O) groups excluding carboxylic acids is 2. The van der Waals surface area contributed by atoms with Crippen LogP contribution >= 0.6 is 0 Å². The topological polar surface area (TPSA) is 101 Å². The molecule has 0 aromatic heterocycles. The predicted molar refractivity (Wildman–Crippen MR) is 68.7 cm³/mol. The summed E-state index contributed by atoms with van der Waals surface area (Å²) in [7, 11) is 0. The second-order valence-electron chi connectivity index (χ2n) is 3.90. The van der Waals surface area contributed by atoms with Crippen molar-refractivity contribution in [3.63, 3.8) is 0 Å². The van der Waals surface area contributed by atoms with Crippen molar-refractivity contribution in [3.8, 4) is 0 Å². The maximum atomic E-state index is 11.8. The van der Waals surface area contributed by atoms with E-state index in [0.717, 1.165) is 0 Å².